The van der Waals surface area contributed by atoms with Gasteiger partial charge in [0.2, 0.25) is 0 Å². The molecule has 156 valence electrons. The minimum absolute atomic E-state index is 0.0939. The highest BCUT2D eigenvalue weighted by atomic mass is 32.1. The summed E-state index contributed by atoms with van der Waals surface area (Å²) in [6, 6.07) is 4.97. The smallest absolute Gasteiger partial charge is 0.410 e. The van der Waals surface area contributed by atoms with Crippen LogP contribution in [0.5, 0.6) is 5.75 Å². The first kappa shape index (κ1) is 21.1. The second-order valence-corrected chi connectivity index (χ2v) is 9.35. The summed E-state index contributed by atoms with van der Waals surface area (Å²) < 4.78 is 11.5. The largest absolute Gasteiger partial charge is 0.490 e. The van der Waals surface area contributed by atoms with Crippen molar-refractivity contribution in [2.24, 2.45) is 0 Å². The molecule has 1 fully saturated rings. The third-order valence-corrected chi connectivity index (χ3v) is 5.38. The number of hydrogen-bond donors (Lipinski definition) is 1. The number of carbonyl (C=O) groups is 2. The van der Waals surface area contributed by atoms with Gasteiger partial charge >= 0.3 is 12.1 Å². The van der Waals surface area contributed by atoms with Crippen LogP contribution >= 0.6 is 11.3 Å². The number of aromatic carboxylic acids is 1. The maximum atomic E-state index is 12.2. The lowest BCUT2D eigenvalue weighted by atomic mass is 10.1. The predicted molar refractivity (Wildman–Crippen MR) is 111 cm³/mol. The van der Waals surface area contributed by atoms with Gasteiger partial charge in [-0.15, -0.1) is 11.3 Å². The Morgan fingerprint density at radius 1 is 1.21 bits per heavy atom. The highest BCUT2D eigenvalue weighted by Gasteiger charge is 2.28. The van der Waals surface area contributed by atoms with Crippen LogP contribution in [0.25, 0.3) is 10.6 Å². The Morgan fingerprint density at radius 2 is 1.90 bits per heavy atom. The monoisotopic (exact) mass is 418 g/mol. The van der Waals surface area contributed by atoms with Gasteiger partial charge in [-0.25, -0.2) is 14.6 Å². The van der Waals surface area contributed by atoms with Gasteiger partial charge in [-0.3, -0.25) is 0 Å². The van der Waals surface area contributed by atoms with E-state index in [2.05, 4.69) is 4.98 Å². The molecule has 0 unspecified atom stereocenters. The van der Waals surface area contributed by atoms with Crippen LogP contribution in [0.1, 0.15) is 48.8 Å². The van der Waals surface area contributed by atoms with E-state index < -0.39 is 11.6 Å². The Balaban J connectivity index is 1.68. The summed E-state index contributed by atoms with van der Waals surface area (Å²) in [6.45, 7) is 8.57. The highest BCUT2D eigenvalue weighted by Crippen LogP contribution is 2.31. The van der Waals surface area contributed by atoms with Gasteiger partial charge in [0, 0.05) is 42.6 Å². The number of nitrogens with zero attached hydrogens (tertiary/aromatic N) is 2. The van der Waals surface area contributed by atoms with E-state index in [1.54, 1.807) is 17.2 Å². The van der Waals surface area contributed by atoms with Crippen molar-refractivity contribution in [1.82, 2.24) is 9.88 Å². The number of carbonyl (C=O) groups excluding carboxylic acids is 1. The molecule has 0 saturated carbocycles. The molecule has 0 aliphatic carbocycles. The van der Waals surface area contributed by atoms with Crippen LogP contribution in [-0.2, 0) is 4.74 Å². The zero-order chi connectivity index (χ0) is 21.2. The molecule has 3 rings (SSSR count). The van der Waals surface area contributed by atoms with Gasteiger partial charge in [0.25, 0.3) is 0 Å². The Kier molecular flexibility index (Phi) is 6.12. The zero-order valence-electron chi connectivity index (χ0n) is 17.1. The third kappa shape index (κ3) is 5.69. The number of piperidine rings is 1. The topological polar surface area (TPSA) is 89.0 Å². The van der Waals surface area contributed by atoms with Gasteiger partial charge in [0.15, 0.2) is 0 Å². The van der Waals surface area contributed by atoms with Gasteiger partial charge in [0.05, 0.1) is 5.56 Å². The minimum atomic E-state index is -1.01. The van der Waals surface area contributed by atoms with E-state index in [1.807, 2.05) is 33.8 Å². The minimum Gasteiger partial charge on any atom is -0.490 e. The molecular formula is C21H26N2O5S. The molecule has 0 spiro atoms. The standard InChI is InChI=1S/C21H26N2O5S/c1-13-12-22-18(29-13)14-9-15(19(24)25)11-17(10-14)27-16-5-7-23(8-6-16)20(26)28-21(2,3)4/h9-12,16H,5-8H2,1-4H3,(H,24,25). The van der Waals surface area contributed by atoms with Crippen molar-refractivity contribution >= 4 is 23.4 Å². The lowest BCUT2D eigenvalue weighted by Gasteiger charge is -2.33. The van der Waals surface area contributed by atoms with Gasteiger partial charge in [-0.1, -0.05) is 0 Å². The summed E-state index contributed by atoms with van der Waals surface area (Å²) in [5, 5.41) is 10.2. The van der Waals surface area contributed by atoms with E-state index in [0.717, 1.165) is 15.4 Å². The molecule has 1 aliphatic rings. The number of ether oxygens (including phenoxy) is 2. The maximum absolute atomic E-state index is 12.2. The van der Waals surface area contributed by atoms with E-state index in [4.69, 9.17) is 9.47 Å². The highest BCUT2D eigenvalue weighted by molar-refractivity contribution is 7.14. The number of carboxylic acid groups (broad SMARTS) is 1. The molecule has 1 aromatic heterocycles. The molecule has 1 aliphatic heterocycles. The maximum Gasteiger partial charge on any atom is 0.410 e. The van der Waals surface area contributed by atoms with E-state index in [-0.39, 0.29) is 17.8 Å². The van der Waals surface area contributed by atoms with Crippen LogP contribution in [-0.4, -0.2) is 51.8 Å². The van der Waals surface area contributed by atoms with Crippen LogP contribution in [0.15, 0.2) is 24.4 Å². The first-order valence-electron chi connectivity index (χ1n) is 9.56. The summed E-state index contributed by atoms with van der Waals surface area (Å²) in [5.41, 5.74) is 0.368. The molecule has 0 radical (unpaired) electrons. The molecule has 1 saturated heterocycles. The Labute approximate surface area is 174 Å². The van der Waals surface area contributed by atoms with E-state index in [0.29, 0.717) is 31.7 Å². The van der Waals surface area contributed by atoms with Crippen LogP contribution < -0.4 is 4.74 Å². The van der Waals surface area contributed by atoms with Crippen LogP contribution in [0, 0.1) is 6.92 Å². The summed E-state index contributed by atoms with van der Waals surface area (Å²) in [7, 11) is 0. The Bertz CT molecular complexity index is 895. The molecular weight excluding hydrogens is 392 g/mol. The number of benzene rings is 1. The second-order valence-electron chi connectivity index (χ2n) is 8.11. The first-order valence-corrected chi connectivity index (χ1v) is 10.4. The molecule has 0 bridgehead atoms. The first-order chi connectivity index (χ1) is 13.6. The number of likely N-dealkylation sites (tertiary alicyclic amines) is 1. The van der Waals surface area contributed by atoms with Crippen molar-refractivity contribution in [3.8, 4) is 16.3 Å². The molecule has 7 nitrogen and oxygen atoms in total. The fourth-order valence-corrected chi connectivity index (χ4v) is 3.83. The number of rotatable bonds is 4. The molecule has 0 atom stereocenters. The average molecular weight is 419 g/mol. The molecule has 1 aromatic carbocycles. The Morgan fingerprint density at radius 3 is 2.45 bits per heavy atom. The Hall–Kier alpha value is -2.61. The number of hydrogen-bond acceptors (Lipinski definition) is 6. The van der Waals surface area contributed by atoms with E-state index >= 15 is 0 Å². The average Bonchev–Trinajstić information content (AvgIpc) is 3.07. The lowest BCUT2D eigenvalue weighted by molar-refractivity contribution is 0.0126. The third-order valence-electron chi connectivity index (χ3n) is 4.42. The van der Waals surface area contributed by atoms with Crippen molar-refractivity contribution in [3.63, 3.8) is 0 Å². The van der Waals surface area contributed by atoms with Crippen molar-refractivity contribution in [3.05, 3.63) is 34.8 Å². The van der Waals surface area contributed by atoms with Crippen LogP contribution in [0.4, 0.5) is 4.79 Å². The molecule has 1 amide bonds. The van der Waals surface area contributed by atoms with Gasteiger partial charge in [0.1, 0.15) is 22.5 Å². The quantitative estimate of drug-likeness (QED) is 0.781. The predicted octanol–water partition coefficient (Wildman–Crippen LogP) is 4.60. The summed E-state index contributed by atoms with van der Waals surface area (Å²) in [4.78, 5) is 30.8. The summed E-state index contributed by atoms with van der Waals surface area (Å²) >= 11 is 1.51. The fourth-order valence-electron chi connectivity index (χ4n) is 3.08. The van der Waals surface area contributed by atoms with Crippen molar-refractivity contribution < 1.29 is 24.2 Å². The van der Waals surface area contributed by atoms with Crippen LogP contribution in [0.3, 0.4) is 0 Å². The zero-order valence-corrected chi connectivity index (χ0v) is 17.9. The summed E-state index contributed by atoms with van der Waals surface area (Å²) in [5.74, 6) is -0.506. The van der Waals surface area contributed by atoms with Crippen molar-refractivity contribution in [2.45, 2.75) is 52.2 Å². The fraction of sp³-hybridized carbons (Fsp3) is 0.476. The second kappa shape index (κ2) is 8.41. The van der Waals surface area contributed by atoms with E-state index in [1.165, 1.54) is 17.4 Å². The number of aryl methyl sites for hydroxylation is 1. The summed E-state index contributed by atoms with van der Waals surface area (Å²) in [6.07, 6.45) is 2.67. The number of amides is 1. The van der Waals surface area contributed by atoms with Gasteiger partial charge in [-0.05, 0) is 45.9 Å². The number of thiazole rings is 1. The van der Waals surface area contributed by atoms with E-state index in [9.17, 15) is 14.7 Å². The molecule has 2 aromatic rings. The normalized spacial score (nSPS) is 15.2. The lowest BCUT2D eigenvalue weighted by Crippen LogP contribution is -2.44. The van der Waals surface area contributed by atoms with Crippen molar-refractivity contribution in [2.75, 3.05) is 13.1 Å². The van der Waals surface area contributed by atoms with Crippen LogP contribution in [0.2, 0.25) is 0 Å². The molecule has 29 heavy (non-hydrogen) atoms. The molecule has 1 N–H and O–H groups in total. The van der Waals surface area contributed by atoms with Crippen molar-refractivity contribution in [1.29, 1.82) is 0 Å². The van der Waals surface area contributed by atoms with Gasteiger partial charge in [-0.2, -0.15) is 0 Å². The number of carboxylic acids is 1. The molecule has 2 heterocycles. The number of aromatic nitrogens is 1. The SMILES string of the molecule is Cc1cnc(-c2cc(OC3CCN(C(=O)OC(C)(C)C)CC3)cc(C(=O)O)c2)s1. The molecule has 8 heteroatoms. The van der Waals surface area contributed by atoms with Gasteiger partial charge < -0.3 is 19.5 Å².